The van der Waals surface area contributed by atoms with E-state index in [1.807, 2.05) is 36.5 Å². The number of hydrogen-bond donors (Lipinski definition) is 1. The first-order chi connectivity index (χ1) is 9.29. The Kier molecular flexibility index (Phi) is 4.87. The molecule has 2 aromatic carbocycles. The van der Waals surface area contributed by atoms with Crippen molar-refractivity contribution in [3.63, 3.8) is 0 Å². The fraction of sp³-hybridized carbons (Fsp3) is 0.235. The van der Waals surface area contributed by atoms with Gasteiger partial charge in [-0.05, 0) is 24.5 Å². The predicted octanol–water partition coefficient (Wildman–Crippen LogP) is 3.54. The molecule has 0 saturated heterocycles. The molecule has 0 fully saturated rings. The summed E-state index contributed by atoms with van der Waals surface area (Å²) in [6, 6.07) is 18.4. The van der Waals surface area contributed by atoms with Gasteiger partial charge in [0.1, 0.15) is 0 Å². The Morgan fingerprint density at radius 1 is 1.05 bits per heavy atom. The number of benzene rings is 2. The second-order valence-corrected chi connectivity index (χ2v) is 4.63. The summed E-state index contributed by atoms with van der Waals surface area (Å²) in [7, 11) is 0. The molecule has 1 atom stereocenters. The molecular formula is C17H19NO. The van der Waals surface area contributed by atoms with Gasteiger partial charge in [-0.1, -0.05) is 60.2 Å². The molecule has 0 aliphatic heterocycles. The first-order valence-electron chi connectivity index (χ1n) is 6.55. The van der Waals surface area contributed by atoms with Gasteiger partial charge in [0.25, 0.3) is 0 Å². The van der Waals surface area contributed by atoms with Gasteiger partial charge in [0.05, 0.1) is 6.04 Å². The van der Waals surface area contributed by atoms with Gasteiger partial charge in [0.2, 0.25) is 0 Å². The first-order valence-corrected chi connectivity index (χ1v) is 6.55. The summed E-state index contributed by atoms with van der Waals surface area (Å²) in [4.78, 5) is 4.60. The lowest BCUT2D eigenvalue weighted by molar-refractivity contribution is 0.277. The quantitative estimate of drug-likeness (QED) is 0.812. The zero-order valence-electron chi connectivity index (χ0n) is 11.2. The van der Waals surface area contributed by atoms with Gasteiger partial charge in [-0.3, -0.25) is 4.99 Å². The minimum atomic E-state index is 0.0208. The molecule has 0 amide bonds. The van der Waals surface area contributed by atoms with Crippen LogP contribution < -0.4 is 0 Å². The van der Waals surface area contributed by atoms with Gasteiger partial charge in [-0.15, -0.1) is 0 Å². The monoisotopic (exact) mass is 253 g/mol. The third-order valence-electron chi connectivity index (χ3n) is 3.07. The van der Waals surface area contributed by atoms with E-state index < -0.39 is 0 Å². The van der Waals surface area contributed by atoms with Crippen LogP contribution in [-0.2, 0) is 0 Å². The molecule has 19 heavy (non-hydrogen) atoms. The smallest absolute Gasteiger partial charge is 0.0771 e. The second-order valence-electron chi connectivity index (χ2n) is 4.63. The number of aliphatic imine (C=N–C) groups is 1. The largest absolute Gasteiger partial charge is 0.396 e. The van der Waals surface area contributed by atoms with Crippen LogP contribution >= 0.6 is 0 Å². The minimum absolute atomic E-state index is 0.0208. The lowest BCUT2D eigenvalue weighted by atomic mass is 10.0. The first kappa shape index (κ1) is 13.5. The Labute approximate surface area is 114 Å². The van der Waals surface area contributed by atoms with Gasteiger partial charge >= 0.3 is 0 Å². The molecule has 0 spiro atoms. The molecule has 0 bridgehead atoms. The molecule has 0 radical (unpaired) electrons. The molecular weight excluding hydrogens is 234 g/mol. The van der Waals surface area contributed by atoms with Crippen LogP contribution in [0.1, 0.15) is 29.2 Å². The summed E-state index contributed by atoms with van der Waals surface area (Å²) in [5, 5.41) is 9.16. The zero-order chi connectivity index (χ0) is 13.5. The zero-order valence-corrected chi connectivity index (χ0v) is 11.2. The summed E-state index contributed by atoms with van der Waals surface area (Å²) >= 11 is 0. The van der Waals surface area contributed by atoms with Gasteiger partial charge in [-0.25, -0.2) is 0 Å². The van der Waals surface area contributed by atoms with Crippen LogP contribution in [0.4, 0.5) is 0 Å². The highest BCUT2D eigenvalue weighted by molar-refractivity contribution is 5.79. The number of aryl methyl sites for hydroxylation is 1. The summed E-state index contributed by atoms with van der Waals surface area (Å²) in [5.41, 5.74) is 3.47. The molecule has 0 saturated carbocycles. The van der Waals surface area contributed by atoms with Crippen LogP contribution in [0.5, 0.6) is 0 Å². The molecule has 0 aliphatic rings. The van der Waals surface area contributed by atoms with Gasteiger partial charge in [0.15, 0.2) is 0 Å². The highest BCUT2D eigenvalue weighted by Crippen LogP contribution is 2.20. The Bertz CT molecular complexity index is 517. The molecule has 2 heteroatoms. The maximum atomic E-state index is 9.16. The van der Waals surface area contributed by atoms with Crippen molar-refractivity contribution in [1.29, 1.82) is 0 Å². The number of hydrogen-bond acceptors (Lipinski definition) is 2. The SMILES string of the molecule is Cc1ccc(C=NC(CCO)c2ccccc2)cc1. The van der Waals surface area contributed by atoms with Crippen molar-refractivity contribution < 1.29 is 5.11 Å². The highest BCUT2D eigenvalue weighted by atomic mass is 16.3. The number of rotatable bonds is 5. The predicted molar refractivity (Wildman–Crippen MR) is 79.7 cm³/mol. The fourth-order valence-corrected chi connectivity index (χ4v) is 1.95. The molecule has 2 nitrogen and oxygen atoms in total. The van der Waals surface area contributed by atoms with E-state index in [1.54, 1.807) is 0 Å². The summed E-state index contributed by atoms with van der Waals surface area (Å²) in [6.45, 7) is 2.21. The van der Waals surface area contributed by atoms with Crippen LogP contribution in [-0.4, -0.2) is 17.9 Å². The summed E-state index contributed by atoms with van der Waals surface area (Å²) < 4.78 is 0. The van der Waals surface area contributed by atoms with Crippen LogP contribution in [0.15, 0.2) is 59.6 Å². The Balaban J connectivity index is 2.14. The van der Waals surface area contributed by atoms with Crippen LogP contribution in [0, 0.1) is 6.92 Å². The number of nitrogens with zero attached hydrogens (tertiary/aromatic N) is 1. The average Bonchev–Trinajstić information content (AvgIpc) is 2.46. The molecule has 1 unspecified atom stereocenters. The van der Waals surface area contributed by atoms with Crippen LogP contribution in [0.2, 0.25) is 0 Å². The van der Waals surface area contributed by atoms with Crippen molar-refractivity contribution in [1.82, 2.24) is 0 Å². The van der Waals surface area contributed by atoms with Crippen molar-refractivity contribution in [2.75, 3.05) is 6.61 Å². The topological polar surface area (TPSA) is 32.6 Å². The summed E-state index contributed by atoms with van der Waals surface area (Å²) in [6.07, 6.45) is 2.53. The minimum Gasteiger partial charge on any atom is -0.396 e. The van der Waals surface area contributed by atoms with Gasteiger partial charge in [0, 0.05) is 12.8 Å². The fourth-order valence-electron chi connectivity index (χ4n) is 1.95. The second kappa shape index (κ2) is 6.86. The summed E-state index contributed by atoms with van der Waals surface area (Å²) in [5.74, 6) is 0. The van der Waals surface area contributed by atoms with Crippen LogP contribution in [0.3, 0.4) is 0 Å². The van der Waals surface area contributed by atoms with Crippen molar-refractivity contribution in [3.05, 3.63) is 71.3 Å². The molecule has 98 valence electrons. The molecule has 0 heterocycles. The lowest BCUT2D eigenvalue weighted by Crippen LogP contribution is -1.99. The van der Waals surface area contributed by atoms with E-state index in [1.165, 1.54) is 5.56 Å². The van der Waals surface area contributed by atoms with E-state index in [0.29, 0.717) is 6.42 Å². The maximum absolute atomic E-state index is 9.16. The maximum Gasteiger partial charge on any atom is 0.0771 e. The molecule has 2 rings (SSSR count). The van der Waals surface area contributed by atoms with Gasteiger partial charge in [-0.2, -0.15) is 0 Å². The molecule has 2 aromatic rings. The van der Waals surface area contributed by atoms with E-state index in [-0.39, 0.29) is 12.6 Å². The molecule has 0 aliphatic carbocycles. The van der Waals surface area contributed by atoms with E-state index in [4.69, 9.17) is 5.11 Å². The third-order valence-corrected chi connectivity index (χ3v) is 3.07. The Morgan fingerprint density at radius 3 is 2.37 bits per heavy atom. The Hall–Kier alpha value is -1.93. The molecule has 1 N–H and O–H groups in total. The van der Waals surface area contributed by atoms with Crippen LogP contribution in [0.25, 0.3) is 0 Å². The van der Waals surface area contributed by atoms with Crippen molar-refractivity contribution in [2.24, 2.45) is 4.99 Å². The average molecular weight is 253 g/mol. The normalized spacial score (nSPS) is 12.7. The van der Waals surface area contributed by atoms with Crippen molar-refractivity contribution in [3.8, 4) is 0 Å². The van der Waals surface area contributed by atoms with Gasteiger partial charge < -0.3 is 5.11 Å². The number of aliphatic hydroxyl groups is 1. The Morgan fingerprint density at radius 2 is 1.74 bits per heavy atom. The van der Waals surface area contributed by atoms with Crippen molar-refractivity contribution >= 4 is 6.21 Å². The standard InChI is InChI=1S/C17H19NO/c1-14-7-9-15(10-8-14)13-18-17(11-12-19)16-5-3-2-4-6-16/h2-10,13,17,19H,11-12H2,1H3. The highest BCUT2D eigenvalue weighted by Gasteiger charge is 2.07. The van der Waals surface area contributed by atoms with E-state index in [0.717, 1.165) is 11.1 Å². The van der Waals surface area contributed by atoms with Crippen molar-refractivity contribution in [2.45, 2.75) is 19.4 Å². The lowest BCUT2D eigenvalue weighted by Gasteiger charge is -2.11. The molecule has 0 aromatic heterocycles. The third kappa shape index (κ3) is 4.04. The number of aliphatic hydroxyl groups excluding tert-OH is 1. The van der Waals surface area contributed by atoms with E-state index in [9.17, 15) is 0 Å². The van der Waals surface area contributed by atoms with E-state index in [2.05, 4.69) is 36.2 Å². The van der Waals surface area contributed by atoms with E-state index >= 15 is 0 Å².